The van der Waals surface area contributed by atoms with E-state index in [-0.39, 0.29) is 23.7 Å². The number of amides is 1. The van der Waals surface area contributed by atoms with Gasteiger partial charge >= 0.3 is 0 Å². The van der Waals surface area contributed by atoms with Crippen LogP contribution in [0.25, 0.3) is 11.0 Å². The molecule has 0 bridgehead atoms. The molecular weight excluding hydrogens is 278 g/mol. The number of carbonyl (C=O) groups is 1. The van der Waals surface area contributed by atoms with Crippen molar-refractivity contribution in [3.8, 4) is 0 Å². The quantitative estimate of drug-likeness (QED) is 0.914. The molecule has 1 aliphatic carbocycles. The monoisotopic (exact) mass is 293 g/mol. The minimum absolute atomic E-state index is 0.151. The van der Waals surface area contributed by atoms with E-state index in [0.29, 0.717) is 17.2 Å². The van der Waals surface area contributed by atoms with E-state index in [4.69, 9.17) is 16.0 Å². The Labute approximate surface area is 121 Å². The van der Waals surface area contributed by atoms with E-state index in [2.05, 4.69) is 5.32 Å². The van der Waals surface area contributed by atoms with Crippen molar-refractivity contribution in [3.05, 3.63) is 35.0 Å². The van der Waals surface area contributed by atoms with E-state index >= 15 is 0 Å². The highest BCUT2D eigenvalue weighted by molar-refractivity contribution is 6.31. The zero-order valence-electron chi connectivity index (χ0n) is 10.9. The van der Waals surface area contributed by atoms with Crippen LogP contribution in [-0.2, 0) is 0 Å². The molecule has 0 radical (unpaired) electrons. The fraction of sp³-hybridized carbons (Fsp3) is 0.400. The first-order chi connectivity index (χ1) is 9.63. The molecule has 1 heterocycles. The summed E-state index contributed by atoms with van der Waals surface area (Å²) in [5, 5.41) is 14.0. The summed E-state index contributed by atoms with van der Waals surface area (Å²) in [6, 6.07) is 6.92. The molecule has 2 aromatic rings. The topological polar surface area (TPSA) is 62.5 Å². The van der Waals surface area contributed by atoms with Crippen LogP contribution in [0.1, 0.15) is 29.8 Å². The SMILES string of the molecule is O=C(NCC1CCCC1O)c1cc2cc(Cl)ccc2o1. The summed E-state index contributed by atoms with van der Waals surface area (Å²) in [6.07, 6.45) is 2.50. The number of rotatable bonds is 3. The average Bonchev–Trinajstić information content (AvgIpc) is 3.01. The van der Waals surface area contributed by atoms with Crippen molar-refractivity contribution >= 4 is 28.5 Å². The molecule has 1 fully saturated rings. The van der Waals surface area contributed by atoms with Crippen molar-refractivity contribution in [3.63, 3.8) is 0 Å². The van der Waals surface area contributed by atoms with Crippen LogP contribution in [0.15, 0.2) is 28.7 Å². The van der Waals surface area contributed by atoms with Crippen LogP contribution in [0.5, 0.6) is 0 Å². The largest absolute Gasteiger partial charge is 0.451 e. The number of hydrogen-bond acceptors (Lipinski definition) is 3. The van der Waals surface area contributed by atoms with Gasteiger partial charge < -0.3 is 14.8 Å². The van der Waals surface area contributed by atoms with Crippen LogP contribution >= 0.6 is 11.6 Å². The smallest absolute Gasteiger partial charge is 0.287 e. The Morgan fingerprint density at radius 2 is 2.25 bits per heavy atom. The third-order valence-corrected chi connectivity index (χ3v) is 4.08. The second kappa shape index (κ2) is 5.46. The molecule has 0 spiro atoms. The molecule has 1 saturated carbocycles. The first-order valence-electron chi connectivity index (χ1n) is 6.79. The molecule has 0 saturated heterocycles. The van der Waals surface area contributed by atoms with Gasteiger partial charge in [-0.2, -0.15) is 0 Å². The van der Waals surface area contributed by atoms with Gasteiger partial charge in [-0.3, -0.25) is 4.79 Å². The van der Waals surface area contributed by atoms with Gasteiger partial charge in [0, 0.05) is 22.9 Å². The number of halogens is 1. The lowest BCUT2D eigenvalue weighted by Gasteiger charge is -2.14. The van der Waals surface area contributed by atoms with Crippen LogP contribution in [-0.4, -0.2) is 23.7 Å². The number of aliphatic hydroxyl groups excluding tert-OH is 1. The summed E-state index contributed by atoms with van der Waals surface area (Å²) in [5.41, 5.74) is 0.639. The van der Waals surface area contributed by atoms with Crippen molar-refractivity contribution in [2.75, 3.05) is 6.54 Å². The Bertz CT molecular complexity index is 637. The maximum atomic E-state index is 12.0. The molecular formula is C15H16ClNO3. The van der Waals surface area contributed by atoms with E-state index in [1.807, 2.05) is 0 Å². The van der Waals surface area contributed by atoms with Crippen molar-refractivity contribution in [1.29, 1.82) is 0 Å². The second-order valence-corrected chi connectivity index (χ2v) is 5.70. The maximum absolute atomic E-state index is 12.0. The van der Waals surface area contributed by atoms with Crippen molar-refractivity contribution in [1.82, 2.24) is 5.32 Å². The molecule has 2 atom stereocenters. The lowest BCUT2D eigenvalue weighted by molar-refractivity contribution is 0.0892. The highest BCUT2D eigenvalue weighted by Gasteiger charge is 2.25. The summed E-state index contributed by atoms with van der Waals surface area (Å²) in [7, 11) is 0. The van der Waals surface area contributed by atoms with E-state index in [9.17, 15) is 9.90 Å². The number of nitrogens with one attached hydrogen (secondary N) is 1. The fourth-order valence-electron chi connectivity index (χ4n) is 2.69. The summed E-state index contributed by atoms with van der Waals surface area (Å²) in [6.45, 7) is 0.484. The summed E-state index contributed by atoms with van der Waals surface area (Å²) < 4.78 is 5.49. The molecule has 106 valence electrons. The highest BCUT2D eigenvalue weighted by Crippen LogP contribution is 2.25. The summed E-state index contributed by atoms with van der Waals surface area (Å²) in [4.78, 5) is 12.0. The molecule has 1 aliphatic rings. The maximum Gasteiger partial charge on any atom is 0.287 e. The Morgan fingerprint density at radius 1 is 1.40 bits per heavy atom. The van der Waals surface area contributed by atoms with E-state index in [0.717, 1.165) is 24.6 Å². The zero-order valence-corrected chi connectivity index (χ0v) is 11.7. The van der Waals surface area contributed by atoms with Gasteiger partial charge in [0.15, 0.2) is 5.76 Å². The molecule has 3 rings (SSSR count). The van der Waals surface area contributed by atoms with Gasteiger partial charge in [0.05, 0.1) is 6.10 Å². The predicted octanol–water partition coefficient (Wildman–Crippen LogP) is 2.98. The standard InChI is InChI=1S/C15H16ClNO3/c16-11-4-5-13-10(6-11)7-14(20-13)15(19)17-8-9-2-1-3-12(9)18/h4-7,9,12,18H,1-3,8H2,(H,17,19). The number of hydrogen-bond donors (Lipinski definition) is 2. The fourth-order valence-corrected chi connectivity index (χ4v) is 2.87. The first-order valence-corrected chi connectivity index (χ1v) is 7.16. The molecule has 1 amide bonds. The van der Waals surface area contributed by atoms with Crippen LogP contribution < -0.4 is 5.32 Å². The van der Waals surface area contributed by atoms with Crippen molar-refractivity contribution in [2.45, 2.75) is 25.4 Å². The summed E-state index contributed by atoms with van der Waals surface area (Å²) in [5.74, 6) is 0.170. The van der Waals surface area contributed by atoms with E-state index in [1.54, 1.807) is 24.3 Å². The van der Waals surface area contributed by atoms with E-state index < -0.39 is 0 Å². The number of aliphatic hydroxyl groups is 1. The Morgan fingerprint density at radius 3 is 3.00 bits per heavy atom. The lowest BCUT2D eigenvalue weighted by Crippen LogP contribution is -2.32. The van der Waals surface area contributed by atoms with Crippen LogP contribution in [0, 0.1) is 5.92 Å². The van der Waals surface area contributed by atoms with Gasteiger partial charge in [-0.15, -0.1) is 0 Å². The second-order valence-electron chi connectivity index (χ2n) is 5.26. The highest BCUT2D eigenvalue weighted by atomic mass is 35.5. The molecule has 4 nitrogen and oxygen atoms in total. The molecule has 1 aromatic heterocycles. The summed E-state index contributed by atoms with van der Waals surface area (Å²) >= 11 is 5.90. The third-order valence-electron chi connectivity index (χ3n) is 3.85. The molecule has 1 aromatic carbocycles. The Balaban J connectivity index is 1.69. The van der Waals surface area contributed by atoms with Crippen LogP contribution in [0.3, 0.4) is 0 Å². The van der Waals surface area contributed by atoms with Crippen molar-refractivity contribution < 1.29 is 14.3 Å². The molecule has 5 heteroatoms. The van der Waals surface area contributed by atoms with Gasteiger partial charge in [0.25, 0.3) is 5.91 Å². The van der Waals surface area contributed by atoms with Gasteiger partial charge in [0.2, 0.25) is 0 Å². The van der Waals surface area contributed by atoms with Gasteiger partial charge in [-0.05, 0) is 37.1 Å². The van der Waals surface area contributed by atoms with E-state index in [1.165, 1.54) is 0 Å². The number of benzene rings is 1. The van der Waals surface area contributed by atoms with Crippen molar-refractivity contribution in [2.24, 2.45) is 5.92 Å². The normalized spacial score (nSPS) is 22.3. The number of carbonyl (C=O) groups excluding carboxylic acids is 1. The zero-order chi connectivity index (χ0) is 14.1. The molecule has 20 heavy (non-hydrogen) atoms. The predicted molar refractivity (Wildman–Crippen MR) is 76.9 cm³/mol. The number of furan rings is 1. The van der Waals surface area contributed by atoms with Gasteiger partial charge in [0.1, 0.15) is 5.58 Å². The van der Waals surface area contributed by atoms with Gasteiger partial charge in [-0.1, -0.05) is 18.0 Å². The Hall–Kier alpha value is -1.52. The van der Waals surface area contributed by atoms with Crippen LogP contribution in [0.4, 0.5) is 0 Å². The van der Waals surface area contributed by atoms with Gasteiger partial charge in [-0.25, -0.2) is 0 Å². The number of fused-ring (bicyclic) bond motifs is 1. The molecule has 2 unspecified atom stereocenters. The average molecular weight is 294 g/mol. The first kappa shape index (κ1) is 13.5. The Kier molecular flexibility index (Phi) is 3.68. The minimum Gasteiger partial charge on any atom is -0.451 e. The minimum atomic E-state index is -0.301. The van der Waals surface area contributed by atoms with Crippen LogP contribution in [0.2, 0.25) is 5.02 Å². The third kappa shape index (κ3) is 2.67. The lowest BCUT2D eigenvalue weighted by atomic mass is 10.1. The molecule has 2 N–H and O–H groups in total. The molecule has 0 aliphatic heterocycles.